The van der Waals surface area contributed by atoms with Crippen molar-refractivity contribution in [1.82, 2.24) is 0 Å². The van der Waals surface area contributed by atoms with Crippen LogP contribution < -0.4 is 4.74 Å². The summed E-state index contributed by atoms with van der Waals surface area (Å²) in [4.78, 5) is 13.3. The van der Waals surface area contributed by atoms with E-state index in [1.54, 1.807) is 6.07 Å². The molecular formula is C23H20F3N3O. The van der Waals surface area contributed by atoms with Gasteiger partial charge < -0.3 is 4.74 Å². The fourth-order valence-electron chi connectivity index (χ4n) is 3.77. The van der Waals surface area contributed by atoms with Crippen molar-refractivity contribution in [2.75, 3.05) is 13.1 Å². The molecule has 2 aromatic rings. The average Bonchev–Trinajstić information content (AvgIpc) is 3.28. The lowest BCUT2D eigenvalue weighted by Crippen LogP contribution is -2.18. The monoisotopic (exact) mass is 411 g/mol. The number of nitrogens with zero attached hydrogens (tertiary/aromatic N) is 3. The molecule has 0 atom stereocenters. The highest BCUT2D eigenvalue weighted by Crippen LogP contribution is 2.30. The lowest BCUT2D eigenvalue weighted by Gasteiger charge is -2.12. The maximum absolute atomic E-state index is 12.7. The number of hydrogen-bond donors (Lipinski definition) is 0. The lowest BCUT2D eigenvalue weighted by atomic mass is 9.93. The summed E-state index contributed by atoms with van der Waals surface area (Å²) < 4.78 is 42.2. The molecule has 0 radical (unpaired) electrons. The first-order chi connectivity index (χ1) is 14.2. The van der Waals surface area contributed by atoms with Crippen LogP contribution in [0.3, 0.4) is 0 Å². The Morgan fingerprint density at radius 1 is 0.900 bits per heavy atom. The molecule has 2 aromatic carbocycles. The third-order valence-electron chi connectivity index (χ3n) is 5.14. The molecule has 154 valence electrons. The van der Waals surface area contributed by atoms with Gasteiger partial charge in [-0.3, -0.25) is 9.98 Å². The molecule has 4 rings (SSSR count). The smallest absolute Gasteiger partial charge is 0.405 e. The topological polar surface area (TPSA) is 46.3 Å². The highest BCUT2D eigenvalue weighted by molar-refractivity contribution is 6.25. The third kappa shape index (κ3) is 3.92. The zero-order valence-corrected chi connectivity index (χ0v) is 16.8. The fraction of sp³-hybridized carbons (Fsp3) is 0.261. The van der Waals surface area contributed by atoms with Crippen molar-refractivity contribution >= 4 is 22.8 Å². The average molecular weight is 411 g/mol. The van der Waals surface area contributed by atoms with Gasteiger partial charge in [0, 0.05) is 11.3 Å². The SMILES string of the molecule is CC1=NCC(C)=C1c1ccc(C2=NC(c3ccccc3OC(F)(F)F)=NC2)cc1C. The van der Waals surface area contributed by atoms with Gasteiger partial charge in [-0.15, -0.1) is 13.2 Å². The number of ether oxygens (including phenoxy) is 1. The summed E-state index contributed by atoms with van der Waals surface area (Å²) in [6.45, 7) is 7.17. The second kappa shape index (κ2) is 7.55. The summed E-state index contributed by atoms with van der Waals surface area (Å²) in [7, 11) is 0. The number of halogens is 3. The molecule has 0 amide bonds. The van der Waals surface area contributed by atoms with E-state index in [-0.39, 0.29) is 17.1 Å². The van der Waals surface area contributed by atoms with E-state index in [1.807, 2.05) is 26.0 Å². The molecule has 0 aromatic heterocycles. The van der Waals surface area contributed by atoms with Crippen LogP contribution in [0.15, 0.2) is 63.0 Å². The van der Waals surface area contributed by atoms with E-state index in [9.17, 15) is 13.2 Å². The normalized spacial score (nSPS) is 16.5. The predicted octanol–water partition coefficient (Wildman–Crippen LogP) is 5.39. The summed E-state index contributed by atoms with van der Waals surface area (Å²) in [5.74, 6) is -0.0670. The Labute approximate surface area is 172 Å². The van der Waals surface area contributed by atoms with Gasteiger partial charge in [0.15, 0.2) is 5.84 Å². The van der Waals surface area contributed by atoms with E-state index < -0.39 is 6.36 Å². The number of rotatable bonds is 4. The van der Waals surface area contributed by atoms with Gasteiger partial charge in [0.25, 0.3) is 0 Å². The first kappa shape index (κ1) is 20.1. The molecule has 2 heterocycles. The maximum Gasteiger partial charge on any atom is 0.573 e. The summed E-state index contributed by atoms with van der Waals surface area (Å²) >= 11 is 0. The van der Waals surface area contributed by atoms with Gasteiger partial charge >= 0.3 is 6.36 Å². The fourth-order valence-corrected chi connectivity index (χ4v) is 3.77. The Morgan fingerprint density at radius 2 is 1.67 bits per heavy atom. The van der Waals surface area contributed by atoms with E-state index in [0.29, 0.717) is 12.3 Å². The molecular weight excluding hydrogens is 391 g/mol. The van der Waals surface area contributed by atoms with Crippen LogP contribution in [0, 0.1) is 6.92 Å². The number of allylic oxidation sites excluding steroid dienone is 1. The summed E-state index contributed by atoms with van der Waals surface area (Å²) in [6.07, 6.45) is -4.77. The minimum atomic E-state index is -4.77. The first-order valence-electron chi connectivity index (χ1n) is 9.52. The van der Waals surface area contributed by atoms with Gasteiger partial charge in [0.05, 0.1) is 24.4 Å². The number of aryl methyl sites for hydroxylation is 1. The Bertz CT molecular complexity index is 1140. The highest BCUT2D eigenvalue weighted by Gasteiger charge is 2.33. The molecule has 0 saturated carbocycles. The van der Waals surface area contributed by atoms with Crippen molar-refractivity contribution in [3.63, 3.8) is 0 Å². The van der Waals surface area contributed by atoms with Crippen LogP contribution in [0.5, 0.6) is 5.75 Å². The van der Waals surface area contributed by atoms with Gasteiger partial charge in [-0.05, 0) is 61.2 Å². The molecule has 0 aliphatic carbocycles. The highest BCUT2D eigenvalue weighted by atomic mass is 19.4. The number of para-hydroxylation sites is 1. The largest absolute Gasteiger partial charge is 0.573 e. The second-order valence-corrected chi connectivity index (χ2v) is 7.33. The molecule has 30 heavy (non-hydrogen) atoms. The van der Waals surface area contributed by atoms with Crippen LogP contribution in [-0.2, 0) is 0 Å². The molecule has 0 spiro atoms. The van der Waals surface area contributed by atoms with E-state index in [0.717, 1.165) is 28.9 Å². The zero-order chi connectivity index (χ0) is 21.5. The van der Waals surface area contributed by atoms with Crippen molar-refractivity contribution < 1.29 is 17.9 Å². The van der Waals surface area contributed by atoms with E-state index in [2.05, 4.69) is 32.7 Å². The molecule has 0 fully saturated rings. The first-order valence-corrected chi connectivity index (χ1v) is 9.52. The summed E-state index contributed by atoms with van der Waals surface area (Å²) in [6, 6.07) is 12.0. The number of benzene rings is 2. The molecule has 7 heteroatoms. The summed E-state index contributed by atoms with van der Waals surface area (Å²) in [5, 5.41) is 0. The maximum atomic E-state index is 12.7. The Kier molecular flexibility index (Phi) is 5.05. The van der Waals surface area contributed by atoms with Crippen molar-refractivity contribution in [3.05, 3.63) is 70.3 Å². The van der Waals surface area contributed by atoms with Crippen LogP contribution in [-0.4, -0.2) is 36.7 Å². The quantitative estimate of drug-likeness (QED) is 0.665. The van der Waals surface area contributed by atoms with Gasteiger partial charge in [-0.2, -0.15) is 0 Å². The molecule has 0 unspecified atom stereocenters. The van der Waals surface area contributed by atoms with E-state index in [1.165, 1.54) is 29.3 Å². The zero-order valence-electron chi connectivity index (χ0n) is 16.8. The number of alkyl halides is 3. The van der Waals surface area contributed by atoms with Crippen molar-refractivity contribution in [3.8, 4) is 5.75 Å². The van der Waals surface area contributed by atoms with Crippen LogP contribution in [0.25, 0.3) is 5.57 Å². The van der Waals surface area contributed by atoms with E-state index >= 15 is 0 Å². The van der Waals surface area contributed by atoms with Gasteiger partial charge in [-0.1, -0.05) is 24.3 Å². The second-order valence-electron chi connectivity index (χ2n) is 7.33. The molecule has 2 aliphatic rings. The molecule has 0 bridgehead atoms. The van der Waals surface area contributed by atoms with Crippen LogP contribution in [0.1, 0.15) is 36.1 Å². The van der Waals surface area contributed by atoms with Crippen LogP contribution in [0.4, 0.5) is 13.2 Å². The molecule has 4 nitrogen and oxygen atoms in total. The molecule has 2 aliphatic heterocycles. The Balaban J connectivity index is 1.63. The lowest BCUT2D eigenvalue weighted by molar-refractivity contribution is -0.274. The standard InChI is InChI=1S/C23H20F3N3O/c1-13-10-16(8-9-17(13)21-14(2)11-27-15(21)3)19-12-28-22(29-19)18-6-4-5-7-20(18)30-23(24,25)26/h4-10H,11-12H2,1-3H3. The minimum Gasteiger partial charge on any atom is -0.405 e. The van der Waals surface area contributed by atoms with Crippen LogP contribution >= 0.6 is 0 Å². The van der Waals surface area contributed by atoms with Crippen molar-refractivity contribution in [2.24, 2.45) is 15.0 Å². The number of hydrogen-bond acceptors (Lipinski definition) is 4. The van der Waals surface area contributed by atoms with Crippen LogP contribution in [0.2, 0.25) is 0 Å². The van der Waals surface area contributed by atoms with Crippen molar-refractivity contribution in [1.29, 1.82) is 0 Å². The molecule has 0 saturated heterocycles. The third-order valence-corrected chi connectivity index (χ3v) is 5.14. The Morgan fingerprint density at radius 3 is 2.33 bits per heavy atom. The van der Waals surface area contributed by atoms with Gasteiger partial charge in [0.1, 0.15) is 5.75 Å². The van der Waals surface area contributed by atoms with Gasteiger partial charge in [0.2, 0.25) is 0 Å². The number of amidine groups is 1. The van der Waals surface area contributed by atoms with Crippen molar-refractivity contribution in [2.45, 2.75) is 27.1 Å². The minimum absolute atomic E-state index is 0.219. The Hall–Kier alpha value is -3.22. The van der Waals surface area contributed by atoms with E-state index in [4.69, 9.17) is 0 Å². The summed E-state index contributed by atoms with van der Waals surface area (Å²) in [5.41, 5.74) is 7.52. The number of aliphatic imine (C=N–C) groups is 3. The predicted molar refractivity (Wildman–Crippen MR) is 113 cm³/mol. The molecule has 0 N–H and O–H groups in total. The van der Waals surface area contributed by atoms with Gasteiger partial charge in [-0.25, -0.2) is 4.99 Å².